The highest BCUT2D eigenvalue weighted by molar-refractivity contribution is 7.99. The molecule has 3 nitrogen and oxygen atoms in total. The molecule has 0 heterocycles. The summed E-state index contributed by atoms with van der Waals surface area (Å²) < 4.78 is 0. The van der Waals surface area contributed by atoms with Gasteiger partial charge in [-0.25, -0.2) is 4.79 Å². The predicted molar refractivity (Wildman–Crippen MR) is 69.0 cm³/mol. The molecule has 0 aliphatic heterocycles. The molecule has 0 saturated heterocycles. The van der Waals surface area contributed by atoms with Crippen LogP contribution in [0.3, 0.4) is 0 Å². The zero-order chi connectivity index (χ0) is 12.0. The van der Waals surface area contributed by atoms with Crippen LogP contribution in [0.5, 0.6) is 0 Å². The molecule has 1 rings (SSSR count). The van der Waals surface area contributed by atoms with Crippen LogP contribution in [0.1, 0.15) is 33.1 Å². The van der Waals surface area contributed by atoms with Crippen LogP contribution in [0.2, 0.25) is 0 Å². The van der Waals surface area contributed by atoms with E-state index in [1.54, 1.807) is 0 Å². The Morgan fingerprint density at radius 1 is 1.56 bits per heavy atom. The van der Waals surface area contributed by atoms with E-state index in [2.05, 4.69) is 12.2 Å². The second-order valence-corrected chi connectivity index (χ2v) is 5.76. The van der Waals surface area contributed by atoms with Gasteiger partial charge >= 0.3 is 5.97 Å². The Labute approximate surface area is 102 Å². The lowest BCUT2D eigenvalue weighted by Crippen LogP contribution is -2.35. The van der Waals surface area contributed by atoms with Crippen molar-refractivity contribution < 1.29 is 9.90 Å². The fourth-order valence-electron chi connectivity index (χ4n) is 2.13. The van der Waals surface area contributed by atoms with E-state index in [9.17, 15) is 4.79 Å². The van der Waals surface area contributed by atoms with Crippen LogP contribution in [0.25, 0.3) is 0 Å². The Balaban J connectivity index is 2.34. The van der Waals surface area contributed by atoms with E-state index in [-0.39, 0.29) is 0 Å². The minimum absolute atomic E-state index is 0.557. The van der Waals surface area contributed by atoms with Crippen LogP contribution < -0.4 is 5.32 Å². The molecule has 1 saturated carbocycles. The summed E-state index contributed by atoms with van der Waals surface area (Å²) >= 11 is 2.01. The van der Waals surface area contributed by atoms with Crippen LogP contribution in [0.4, 0.5) is 0 Å². The quantitative estimate of drug-likeness (QED) is 0.703. The van der Waals surface area contributed by atoms with Crippen molar-refractivity contribution >= 4 is 17.7 Å². The summed E-state index contributed by atoms with van der Waals surface area (Å²) in [5.74, 6) is 0.303. The van der Waals surface area contributed by atoms with Gasteiger partial charge in [0, 0.05) is 23.9 Å². The van der Waals surface area contributed by atoms with E-state index in [0.29, 0.717) is 17.8 Å². The van der Waals surface area contributed by atoms with Crippen LogP contribution in [0.15, 0.2) is 11.6 Å². The molecule has 2 N–H and O–H groups in total. The van der Waals surface area contributed by atoms with Crippen molar-refractivity contribution in [2.75, 3.05) is 12.3 Å². The molecule has 16 heavy (non-hydrogen) atoms. The smallest absolute Gasteiger partial charge is 0.328 e. The first-order valence-electron chi connectivity index (χ1n) is 5.88. The normalized spacial score (nSPS) is 26.0. The highest BCUT2D eigenvalue weighted by Crippen LogP contribution is 2.29. The number of carbonyl (C=O) groups is 1. The zero-order valence-corrected chi connectivity index (χ0v) is 10.8. The minimum Gasteiger partial charge on any atom is -0.478 e. The molecule has 0 aromatic heterocycles. The third-order valence-corrected chi connectivity index (χ3v) is 4.17. The molecule has 1 aliphatic rings. The van der Waals surface area contributed by atoms with Gasteiger partial charge in [0.1, 0.15) is 0 Å². The number of carboxylic acids is 1. The van der Waals surface area contributed by atoms with E-state index in [4.69, 9.17) is 5.11 Å². The summed E-state index contributed by atoms with van der Waals surface area (Å²) in [6, 6.07) is 0.557. The molecule has 0 bridgehead atoms. The summed E-state index contributed by atoms with van der Waals surface area (Å²) in [5.41, 5.74) is 0.889. The van der Waals surface area contributed by atoms with Gasteiger partial charge in [0.15, 0.2) is 0 Å². The number of hydrogen-bond donors (Lipinski definition) is 2. The molecule has 1 aliphatic carbocycles. The highest BCUT2D eigenvalue weighted by atomic mass is 32.2. The first kappa shape index (κ1) is 13.6. The Morgan fingerprint density at radius 3 is 2.94 bits per heavy atom. The van der Waals surface area contributed by atoms with E-state index in [1.165, 1.54) is 25.3 Å². The van der Waals surface area contributed by atoms with Crippen LogP contribution in [-0.4, -0.2) is 34.7 Å². The fraction of sp³-hybridized carbons (Fsp3) is 0.750. The van der Waals surface area contributed by atoms with Crippen molar-refractivity contribution in [3.63, 3.8) is 0 Å². The van der Waals surface area contributed by atoms with Gasteiger partial charge in [-0.1, -0.05) is 18.9 Å². The van der Waals surface area contributed by atoms with Gasteiger partial charge in [-0.15, -0.1) is 0 Å². The molecule has 1 fully saturated rings. The molecular formula is C12H21NO2S. The summed E-state index contributed by atoms with van der Waals surface area (Å²) in [4.78, 5) is 10.5. The topological polar surface area (TPSA) is 49.3 Å². The third-order valence-electron chi connectivity index (χ3n) is 2.85. The van der Waals surface area contributed by atoms with E-state index >= 15 is 0 Å². The first-order valence-corrected chi connectivity index (χ1v) is 6.93. The van der Waals surface area contributed by atoms with E-state index in [1.807, 2.05) is 18.7 Å². The maximum atomic E-state index is 10.5. The number of aliphatic carboxylic acids is 1. The molecule has 0 spiro atoms. The van der Waals surface area contributed by atoms with Crippen molar-refractivity contribution in [3.05, 3.63) is 11.6 Å². The average molecular weight is 243 g/mol. The second-order valence-electron chi connectivity index (χ2n) is 4.24. The van der Waals surface area contributed by atoms with Gasteiger partial charge < -0.3 is 10.4 Å². The van der Waals surface area contributed by atoms with Gasteiger partial charge in [-0.05, 0) is 25.5 Å². The van der Waals surface area contributed by atoms with Crippen molar-refractivity contribution in [1.29, 1.82) is 0 Å². The van der Waals surface area contributed by atoms with Crippen molar-refractivity contribution in [1.82, 2.24) is 5.32 Å². The second kappa shape index (κ2) is 6.97. The van der Waals surface area contributed by atoms with Crippen LogP contribution in [0, 0.1) is 0 Å². The predicted octanol–water partition coefficient (Wildman–Crippen LogP) is 2.28. The maximum absolute atomic E-state index is 10.5. The Hall–Kier alpha value is -0.480. The lowest BCUT2D eigenvalue weighted by molar-refractivity contribution is -0.131. The number of carboxylic acid groups (broad SMARTS) is 1. The SMILES string of the molecule is CCSC1CCCC1NCC(C)=CC(=O)O. The molecule has 92 valence electrons. The Morgan fingerprint density at radius 2 is 2.31 bits per heavy atom. The summed E-state index contributed by atoms with van der Waals surface area (Å²) in [5, 5.41) is 12.8. The molecule has 4 heteroatoms. The maximum Gasteiger partial charge on any atom is 0.328 e. The van der Waals surface area contributed by atoms with Gasteiger partial charge in [-0.2, -0.15) is 11.8 Å². The number of nitrogens with one attached hydrogen (secondary N) is 1. The summed E-state index contributed by atoms with van der Waals surface area (Å²) in [6.45, 7) is 4.74. The van der Waals surface area contributed by atoms with Crippen molar-refractivity contribution in [3.8, 4) is 0 Å². The lowest BCUT2D eigenvalue weighted by atomic mass is 10.2. The fourth-order valence-corrected chi connectivity index (χ4v) is 3.35. The molecule has 0 amide bonds. The number of hydrogen-bond acceptors (Lipinski definition) is 3. The van der Waals surface area contributed by atoms with Crippen LogP contribution >= 0.6 is 11.8 Å². The standard InChI is InChI=1S/C12H21NO2S/c1-3-16-11-6-4-5-10(11)13-8-9(2)7-12(14)15/h7,10-11,13H,3-6,8H2,1-2H3,(H,14,15). The number of thioether (sulfide) groups is 1. The highest BCUT2D eigenvalue weighted by Gasteiger charge is 2.26. The van der Waals surface area contributed by atoms with Gasteiger partial charge in [0.05, 0.1) is 0 Å². The van der Waals surface area contributed by atoms with Gasteiger partial charge in [0.2, 0.25) is 0 Å². The largest absolute Gasteiger partial charge is 0.478 e. The summed E-state index contributed by atoms with van der Waals surface area (Å²) in [7, 11) is 0. The van der Waals surface area contributed by atoms with Crippen LogP contribution in [-0.2, 0) is 4.79 Å². The molecule has 0 aromatic rings. The van der Waals surface area contributed by atoms with E-state index < -0.39 is 5.97 Å². The van der Waals surface area contributed by atoms with Gasteiger partial charge in [0.25, 0.3) is 0 Å². The molecular weight excluding hydrogens is 222 g/mol. The van der Waals surface area contributed by atoms with Crippen molar-refractivity contribution in [2.45, 2.75) is 44.4 Å². The first-order chi connectivity index (χ1) is 7.63. The molecule has 0 radical (unpaired) electrons. The number of rotatable bonds is 6. The van der Waals surface area contributed by atoms with Gasteiger partial charge in [-0.3, -0.25) is 0 Å². The minimum atomic E-state index is -0.856. The lowest BCUT2D eigenvalue weighted by Gasteiger charge is -2.20. The average Bonchev–Trinajstić information content (AvgIpc) is 2.62. The van der Waals surface area contributed by atoms with E-state index in [0.717, 1.165) is 11.3 Å². The monoisotopic (exact) mass is 243 g/mol. The Kier molecular flexibility index (Phi) is 5.91. The Bertz CT molecular complexity index is 266. The molecule has 2 atom stereocenters. The van der Waals surface area contributed by atoms with Crippen molar-refractivity contribution in [2.24, 2.45) is 0 Å². The molecule has 2 unspecified atom stereocenters. The third kappa shape index (κ3) is 4.58. The molecule has 0 aromatic carbocycles. The summed E-state index contributed by atoms with van der Waals surface area (Å²) in [6.07, 6.45) is 5.08. The zero-order valence-electron chi connectivity index (χ0n) is 10.0.